The summed E-state index contributed by atoms with van der Waals surface area (Å²) in [7, 11) is 0. The van der Waals surface area contributed by atoms with E-state index in [1.54, 1.807) is 6.92 Å². The Morgan fingerprint density at radius 3 is 2.50 bits per heavy atom. The number of fused-ring (bicyclic) bond motifs is 3. The van der Waals surface area contributed by atoms with Crippen LogP contribution in [-0.2, 0) is 9.53 Å². The van der Waals surface area contributed by atoms with Gasteiger partial charge in [-0.2, -0.15) is 0 Å². The molecule has 0 saturated heterocycles. The standard InChI is InChI=1S/C22H24O2/c1-6-22(5,24-21(23)14(2)3)20-17-12-8-7-11-16(17)19-15(4)10-9-13-18(19)20/h7-13,20H,2,6H2,1,3-5H3. The van der Waals surface area contributed by atoms with Crippen LogP contribution in [-0.4, -0.2) is 11.6 Å². The lowest BCUT2D eigenvalue weighted by Crippen LogP contribution is -2.37. The summed E-state index contributed by atoms with van der Waals surface area (Å²) < 4.78 is 5.95. The van der Waals surface area contributed by atoms with E-state index in [9.17, 15) is 4.79 Å². The summed E-state index contributed by atoms with van der Waals surface area (Å²) in [5.41, 5.74) is 6.10. The van der Waals surface area contributed by atoms with Gasteiger partial charge in [-0.3, -0.25) is 0 Å². The number of benzene rings is 2. The maximum absolute atomic E-state index is 12.2. The van der Waals surface area contributed by atoms with Crippen molar-refractivity contribution >= 4 is 5.97 Å². The predicted octanol–water partition coefficient (Wildman–Crippen LogP) is 5.40. The fraction of sp³-hybridized carbons (Fsp3) is 0.318. The number of ether oxygens (including phenoxy) is 1. The Morgan fingerprint density at radius 2 is 1.83 bits per heavy atom. The normalized spacial score (nSPS) is 17.6. The second kappa shape index (κ2) is 5.94. The van der Waals surface area contributed by atoms with Crippen LogP contribution in [0.15, 0.2) is 54.6 Å². The molecule has 2 heteroatoms. The van der Waals surface area contributed by atoms with E-state index in [1.807, 2.05) is 6.92 Å². The van der Waals surface area contributed by atoms with Gasteiger partial charge in [-0.25, -0.2) is 4.79 Å². The van der Waals surface area contributed by atoms with Crippen LogP contribution in [0, 0.1) is 6.92 Å². The van der Waals surface area contributed by atoms with Gasteiger partial charge in [0.15, 0.2) is 0 Å². The van der Waals surface area contributed by atoms with Crippen molar-refractivity contribution in [2.24, 2.45) is 0 Å². The third-order valence-electron chi connectivity index (χ3n) is 5.14. The van der Waals surface area contributed by atoms with Crippen LogP contribution in [0.25, 0.3) is 11.1 Å². The van der Waals surface area contributed by atoms with Gasteiger partial charge in [-0.15, -0.1) is 0 Å². The molecule has 0 bridgehead atoms. The molecule has 2 aromatic rings. The van der Waals surface area contributed by atoms with Crippen molar-refractivity contribution in [2.45, 2.75) is 45.6 Å². The number of hydrogen-bond donors (Lipinski definition) is 0. The first-order chi connectivity index (χ1) is 11.4. The van der Waals surface area contributed by atoms with E-state index in [1.165, 1.54) is 27.8 Å². The van der Waals surface area contributed by atoms with Gasteiger partial charge in [0.05, 0.1) is 0 Å². The first-order valence-corrected chi connectivity index (χ1v) is 8.46. The van der Waals surface area contributed by atoms with Crippen LogP contribution in [0.2, 0.25) is 0 Å². The molecule has 2 unspecified atom stereocenters. The van der Waals surface area contributed by atoms with Gasteiger partial charge in [-0.1, -0.05) is 56.0 Å². The van der Waals surface area contributed by atoms with Crippen LogP contribution >= 0.6 is 0 Å². The molecule has 0 saturated carbocycles. The molecule has 1 aliphatic carbocycles. The van der Waals surface area contributed by atoms with Crippen molar-refractivity contribution in [1.29, 1.82) is 0 Å². The van der Waals surface area contributed by atoms with Crippen LogP contribution in [0.4, 0.5) is 0 Å². The Kier molecular flexibility index (Phi) is 4.08. The van der Waals surface area contributed by atoms with Gasteiger partial charge >= 0.3 is 5.97 Å². The van der Waals surface area contributed by atoms with Gasteiger partial charge < -0.3 is 4.74 Å². The first kappa shape index (κ1) is 16.5. The second-order valence-electron chi connectivity index (χ2n) is 6.90. The lowest BCUT2D eigenvalue weighted by molar-refractivity contribution is -0.154. The van der Waals surface area contributed by atoms with E-state index in [-0.39, 0.29) is 11.9 Å². The highest BCUT2D eigenvalue weighted by molar-refractivity contribution is 5.88. The van der Waals surface area contributed by atoms with E-state index in [4.69, 9.17) is 4.74 Å². The number of hydrogen-bond acceptors (Lipinski definition) is 2. The van der Waals surface area contributed by atoms with Crippen molar-refractivity contribution in [3.8, 4) is 11.1 Å². The van der Waals surface area contributed by atoms with Gasteiger partial charge in [0.25, 0.3) is 0 Å². The number of rotatable bonds is 4. The minimum Gasteiger partial charge on any atom is -0.455 e. The minimum absolute atomic E-state index is 0.0388. The number of esters is 1. The molecule has 24 heavy (non-hydrogen) atoms. The average molecular weight is 320 g/mol. The zero-order valence-electron chi connectivity index (χ0n) is 14.8. The van der Waals surface area contributed by atoms with Crippen LogP contribution < -0.4 is 0 Å². The summed E-state index contributed by atoms with van der Waals surface area (Å²) in [4.78, 5) is 12.2. The number of carbonyl (C=O) groups is 1. The molecule has 1 aliphatic rings. The number of carbonyl (C=O) groups excluding carboxylic acids is 1. The molecule has 2 aromatic carbocycles. The monoisotopic (exact) mass is 320 g/mol. The molecule has 0 radical (unpaired) electrons. The summed E-state index contributed by atoms with van der Waals surface area (Å²) in [5.74, 6) is -0.283. The minimum atomic E-state index is -0.606. The maximum atomic E-state index is 12.2. The van der Waals surface area contributed by atoms with Crippen molar-refractivity contribution in [2.75, 3.05) is 0 Å². The number of aryl methyl sites for hydroxylation is 1. The second-order valence-corrected chi connectivity index (χ2v) is 6.90. The van der Waals surface area contributed by atoms with Gasteiger partial charge in [0.2, 0.25) is 0 Å². The summed E-state index contributed by atoms with van der Waals surface area (Å²) in [6.45, 7) is 11.7. The first-order valence-electron chi connectivity index (χ1n) is 8.46. The van der Waals surface area contributed by atoms with Crippen molar-refractivity contribution < 1.29 is 9.53 Å². The van der Waals surface area contributed by atoms with Crippen molar-refractivity contribution in [3.63, 3.8) is 0 Å². The smallest absolute Gasteiger partial charge is 0.333 e. The summed E-state index contributed by atoms with van der Waals surface area (Å²) in [5, 5.41) is 0. The summed E-state index contributed by atoms with van der Waals surface area (Å²) in [6.07, 6.45) is 0.735. The fourth-order valence-electron chi connectivity index (χ4n) is 3.73. The lowest BCUT2D eigenvalue weighted by Gasteiger charge is -2.35. The molecule has 2 nitrogen and oxygen atoms in total. The maximum Gasteiger partial charge on any atom is 0.333 e. The third kappa shape index (κ3) is 2.47. The Labute approximate surface area is 144 Å². The zero-order valence-corrected chi connectivity index (χ0v) is 14.8. The largest absolute Gasteiger partial charge is 0.455 e. The van der Waals surface area contributed by atoms with E-state index in [2.05, 4.69) is 62.9 Å². The van der Waals surface area contributed by atoms with Gasteiger partial charge in [0.1, 0.15) is 5.60 Å². The molecule has 0 N–H and O–H groups in total. The molecule has 2 atom stereocenters. The van der Waals surface area contributed by atoms with E-state index in [0.29, 0.717) is 5.57 Å². The Morgan fingerprint density at radius 1 is 1.17 bits per heavy atom. The SMILES string of the molecule is C=C(C)C(=O)OC(C)(CC)C1c2ccccc2-c2c(C)cccc21. The van der Waals surface area contributed by atoms with Gasteiger partial charge in [-0.05, 0) is 55.0 Å². The molecule has 124 valence electrons. The molecule has 0 fully saturated rings. The van der Waals surface area contributed by atoms with Crippen molar-refractivity contribution in [1.82, 2.24) is 0 Å². The molecular formula is C22H24O2. The van der Waals surface area contributed by atoms with E-state index >= 15 is 0 Å². The molecule has 0 aromatic heterocycles. The van der Waals surface area contributed by atoms with E-state index in [0.717, 1.165) is 6.42 Å². The van der Waals surface area contributed by atoms with E-state index < -0.39 is 5.60 Å². The zero-order chi connectivity index (χ0) is 17.5. The highest BCUT2D eigenvalue weighted by Gasteiger charge is 2.44. The predicted molar refractivity (Wildman–Crippen MR) is 98.1 cm³/mol. The summed E-state index contributed by atoms with van der Waals surface area (Å²) in [6, 6.07) is 14.8. The Hall–Kier alpha value is -2.35. The molecule has 0 aliphatic heterocycles. The van der Waals surface area contributed by atoms with Crippen LogP contribution in [0.5, 0.6) is 0 Å². The average Bonchev–Trinajstić information content (AvgIpc) is 2.90. The highest BCUT2D eigenvalue weighted by Crippen LogP contribution is 2.52. The quantitative estimate of drug-likeness (QED) is 0.557. The van der Waals surface area contributed by atoms with Crippen molar-refractivity contribution in [3.05, 3.63) is 71.3 Å². The molecular weight excluding hydrogens is 296 g/mol. The molecule has 0 amide bonds. The Bertz CT molecular complexity index is 818. The highest BCUT2D eigenvalue weighted by atomic mass is 16.6. The molecule has 3 rings (SSSR count). The topological polar surface area (TPSA) is 26.3 Å². The van der Waals surface area contributed by atoms with Crippen LogP contribution in [0.3, 0.4) is 0 Å². The summed E-state index contributed by atoms with van der Waals surface area (Å²) >= 11 is 0. The fourth-order valence-corrected chi connectivity index (χ4v) is 3.73. The van der Waals surface area contributed by atoms with Gasteiger partial charge in [0, 0.05) is 11.5 Å². The Balaban J connectivity index is 2.18. The molecule has 0 heterocycles. The van der Waals surface area contributed by atoms with Crippen LogP contribution in [0.1, 0.15) is 49.8 Å². The third-order valence-corrected chi connectivity index (χ3v) is 5.14. The molecule has 0 spiro atoms. The lowest BCUT2D eigenvalue weighted by atomic mass is 9.79.